The Labute approximate surface area is 78.3 Å². The lowest BCUT2D eigenvalue weighted by Gasteiger charge is -2.15. The van der Waals surface area contributed by atoms with Crippen molar-refractivity contribution in [3.8, 4) is 5.75 Å². The molecule has 1 aromatic carbocycles. The summed E-state index contributed by atoms with van der Waals surface area (Å²) in [7, 11) is 0. The number of hydrogen-bond donors (Lipinski definition) is 0. The normalized spacial score (nSPS) is 13.5. The van der Waals surface area contributed by atoms with E-state index in [9.17, 15) is 0 Å². The van der Waals surface area contributed by atoms with Crippen LogP contribution in [-0.4, -0.2) is 0 Å². The molecular weight excluding hydrogens is 160 g/mol. The maximum absolute atomic E-state index is 5.39. The highest BCUT2D eigenvalue weighted by Gasteiger charge is 2.10. The summed E-state index contributed by atoms with van der Waals surface area (Å²) < 4.78 is 5.39. The highest BCUT2D eigenvalue weighted by atomic mass is 16.5. The van der Waals surface area contributed by atoms with Crippen LogP contribution in [0.3, 0.4) is 0 Å². The summed E-state index contributed by atoms with van der Waals surface area (Å²) in [5, 5.41) is 0. The second kappa shape index (κ2) is 3.09. The van der Waals surface area contributed by atoms with E-state index in [2.05, 4.69) is 19.9 Å². The van der Waals surface area contributed by atoms with Crippen LogP contribution in [0.4, 0.5) is 0 Å². The number of ether oxygens (including phenoxy) is 1. The van der Waals surface area contributed by atoms with Crippen molar-refractivity contribution in [1.29, 1.82) is 0 Å². The van der Waals surface area contributed by atoms with Crippen molar-refractivity contribution < 1.29 is 4.74 Å². The summed E-state index contributed by atoms with van der Waals surface area (Å²) in [4.78, 5) is 0. The molecule has 0 spiro atoms. The van der Waals surface area contributed by atoms with E-state index in [1.807, 2.05) is 24.3 Å². The van der Waals surface area contributed by atoms with E-state index in [-0.39, 0.29) is 0 Å². The van der Waals surface area contributed by atoms with Gasteiger partial charge in [0, 0.05) is 5.56 Å². The summed E-state index contributed by atoms with van der Waals surface area (Å²) in [6.07, 6.45) is 3.75. The first-order chi connectivity index (χ1) is 6.29. The van der Waals surface area contributed by atoms with E-state index in [0.29, 0.717) is 0 Å². The van der Waals surface area contributed by atoms with Gasteiger partial charge in [0.15, 0.2) is 0 Å². The quantitative estimate of drug-likeness (QED) is 0.583. The monoisotopic (exact) mass is 172 g/mol. The zero-order valence-electron chi connectivity index (χ0n) is 7.87. The average molecular weight is 172 g/mol. The van der Waals surface area contributed by atoms with Crippen LogP contribution >= 0.6 is 0 Å². The molecule has 0 fully saturated rings. The van der Waals surface area contributed by atoms with Crippen LogP contribution in [0.2, 0.25) is 0 Å². The molecule has 1 aromatic rings. The van der Waals surface area contributed by atoms with Crippen molar-refractivity contribution in [3.05, 3.63) is 47.7 Å². The van der Waals surface area contributed by atoms with Gasteiger partial charge in [-0.25, -0.2) is 0 Å². The Bertz CT molecular complexity index is 382. The van der Waals surface area contributed by atoms with Gasteiger partial charge in [-0.2, -0.15) is 0 Å². The van der Waals surface area contributed by atoms with Gasteiger partial charge in [0.05, 0.1) is 6.26 Å². The fraction of sp³-hybridized carbons (Fsp3) is 0.167. The molecule has 0 aromatic heterocycles. The second-order valence-corrected chi connectivity index (χ2v) is 3.33. The number of para-hydroxylation sites is 1. The highest BCUT2D eigenvalue weighted by molar-refractivity contribution is 5.80. The minimum atomic E-state index is 0.946. The number of benzene rings is 1. The Morgan fingerprint density at radius 1 is 1.15 bits per heavy atom. The maximum Gasteiger partial charge on any atom is 0.134 e. The Balaban J connectivity index is 2.62. The third-order valence-corrected chi connectivity index (χ3v) is 2.15. The Morgan fingerprint density at radius 2 is 1.92 bits per heavy atom. The summed E-state index contributed by atoms with van der Waals surface area (Å²) in [6, 6.07) is 8.09. The van der Waals surface area contributed by atoms with Crippen LogP contribution in [0.25, 0.3) is 5.57 Å². The van der Waals surface area contributed by atoms with Gasteiger partial charge < -0.3 is 4.74 Å². The van der Waals surface area contributed by atoms with Crippen LogP contribution in [0, 0.1) is 0 Å². The van der Waals surface area contributed by atoms with Gasteiger partial charge in [0.1, 0.15) is 5.75 Å². The van der Waals surface area contributed by atoms with E-state index >= 15 is 0 Å². The topological polar surface area (TPSA) is 9.23 Å². The molecule has 0 saturated carbocycles. The van der Waals surface area contributed by atoms with Crippen LogP contribution in [0.5, 0.6) is 5.75 Å². The van der Waals surface area contributed by atoms with Crippen LogP contribution in [-0.2, 0) is 0 Å². The molecule has 0 saturated heterocycles. The van der Waals surface area contributed by atoms with E-state index < -0.39 is 0 Å². The lowest BCUT2D eigenvalue weighted by atomic mass is 9.99. The molecular formula is C12H12O. The molecule has 1 heteroatoms. The lowest BCUT2D eigenvalue weighted by Crippen LogP contribution is -1.96. The van der Waals surface area contributed by atoms with Gasteiger partial charge >= 0.3 is 0 Å². The smallest absolute Gasteiger partial charge is 0.134 e. The minimum Gasteiger partial charge on any atom is -0.464 e. The van der Waals surface area contributed by atoms with Crippen molar-refractivity contribution in [3.63, 3.8) is 0 Å². The van der Waals surface area contributed by atoms with Gasteiger partial charge in [-0.05, 0) is 31.6 Å². The van der Waals surface area contributed by atoms with Crippen molar-refractivity contribution >= 4 is 5.57 Å². The van der Waals surface area contributed by atoms with E-state index in [4.69, 9.17) is 4.74 Å². The molecule has 0 N–H and O–H groups in total. The first-order valence-electron chi connectivity index (χ1n) is 4.39. The lowest BCUT2D eigenvalue weighted by molar-refractivity contribution is 0.475. The standard InChI is InChI=1S/C12H12O/c1-9(2)10-7-8-13-12-6-4-3-5-11(10)12/h3-8H,1-2H3. The van der Waals surface area contributed by atoms with Crippen LogP contribution in [0.15, 0.2) is 42.2 Å². The predicted molar refractivity (Wildman–Crippen MR) is 54.5 cm³/mol. The van der Waals surface area contributed by atoms with Crippen LogP contribution in [0.1, 0.15) is 19.4 Å². The van der Waals surface area contributed by atoms with Gasteiger partial charge in [0.2, 0.25) is 0 Å². The third kappa shape index (κ3) is 1.37. The minimum absolute atomic E-state index is 0.946. The fourth-order valence-corrected chi connectivity index (χ4v) is 1.49. The predicted octanol–water partition coefficient (Wildman–Crippen LogP) is 3.39. The molecule has 0 aliphatic carbocycles. The molecule has 0 radical (unpaired) electrons. The molecule has 0 atom stereocenters. The first-order valence-corrected chi connectivity index (χ1v) is 4.39. The van der Waals surface area contributed by atoms with Crippen molar-refractivity contribution in [2.45, 2.75) is 13.8 Å². The molecule has 1 nitrogen and oxygen atoms in total. The summed E-state index contributed by atoms with van der Waals surface area (Å²) in [5.41, 5.74) is 3.76. The number of allylic oxidation sites excluding steroid dienone is 3. The van der Waals surface area contributed by atoms with E-state index in [0.717, 1.165) is 5.75 Å². The maximum atomic E-state index is 5.39. The van der Waals surface area contributed by atoms with E-state index in [1.165, 1.54) is 16.7 Å². The zero-order chi connectivity index (χ0) is 9.26. The molecule has 13 heavy (non-hydrogen) atoms. The molecule has 66 valence electrons. The van der Waals surface area contributed by atoms with Gasteiger partial charge in [-0.15, -0.1) is 0 Å². The van der Waals surface area contributed by atoms with Gasteiger partial charge in [-0.3, -0.25) is 0 Å². The van der Waals surface area contributed by atoms with E-state index in [1.54, 1.807) is 6.26 Å². The summed E-state index contributed by atoms with van der Waals surface area (Å²) >= 11 is 0. The van der Waals surface area contributed by atoms with Gasteiger partial charge in [-0.1, -0.05) is 23.8 Å². The third-order valence-electron chi connectivity index (χ3n) is 2.15. The Kier molecular flexibility index (Phi) is 1.93. The SMILES string of the molecule is CC(C)=C1C=COc2ccccc21. The Hall–Kier alpha value is -1.50. The molecule has 0 unspecified atom stereocenters. The molecule has 1 aliphatic rings. The summed E-state index contributed by atoms with van der Waals surface area (Å²) in [5.74, 6) is 0.946. The largest absolute Gasteiger partial charge is 0.464 e. The number of rotatable bonds is 0. The van der Waals surface area contributed by atoms with Crippen LogP contribution < -0.4 is 4.74 Å². The molecule has 1 heterocycles. The molecule has 2 rings (SSSR count). The second-order valence-electron chi connectivity index (χ2n) is 3.33. The zero-order valence-corrected chi connectivity index (χ0v) is 7.87. The number of fused-ring (bicyclic) bond motifs is 1. The fourth-order valence-electron chi connectivity index (χ4n) is 1.49. The first kappa shape index (κ1) is 8.11. The summed E-state index contributed by atoms with van der Waals surface area (Å²) in [6.45, 7) is 4.23. The number of hydrogen-bond acceptors (Lipinski definition) is 1. The molecule has 0 bridgehead atoms. The average Bonchev–Trinajstić information content (AvgIpc) is 2.17. The van der Waals surface area contributed by atoms with Gasteiger partial charge in [0.25, 0.3) is 0 Å². The molecule has 0 amide bonds. The molecule has 1 aliphatic heterocycles. The van der Waals surface area contributed by atoms with Crippen molar-refractivity contribution in [2.75, 3.05) is 0 Å². The Morgan fingerprint density at radius 3 is 2.69 bits per heavy atom. The van der Waals surface area contributed by atoms with Crippen molar-refractivity contribution in [2.24, 2.45) is 0 Å². The highest BCUT2D eigenvalue weighted by Crippen LogP contribution is 2.32. The van der Waals surface area contributed by atoms with Crippen molar-refractivity contribution in [1.82, 2.24) is 0 Å².